The first-order valence-corrected chi connectivity index (χ1v) is 14.2. The van der Waals surface area contributed by atoms with Gasteiger partial charge in [0.25, 0.3) is 0 Å². The van der Waals surface area contributed by atoms with Crippen LogP contribution in [0.1, 0.15) is 11.1 Å². The van der Waals surface area contributed by atoms with Gasteiger partial charge in [-0.2, -0.15) is 10.2 Å². The van der Waals surface area contributed by atoms with Gasteiger partial charge in [0.05, 0.1) is 51.1 Å². The lowest BCUT2D eigenvalue weighted by Crippen LogP contribution is -2.27. The summed E-state index contributed by atoms with van der Waals surface area (Å²) in [5.74, 6) is 1.03. The average Bonchev–Trinajstić information content (AvgIpc) is 3.41. The number of pyridine rings is 2. The number of aromatic nitrogens is 6. The molecule has 24 heteroatoms. The molecule has 0 bridgehead atoms. The molecule has 0 aromatic carbocycles. The van der Waals surface area contributed by atoms with Gasteiger partial charge in [0, 0.05) is 23.8 Å². The molecular weight excluding hydrogens is 738 g/mol. The van der Waals surface area contributed by atoms with Crippen molar-refractivity contribution >= 4 is 93.4 Å². The minimum absolute atomic E-state index is 0. The van der Waals surface area contributed by atoms with Crippen molar-refractivity contribution < 1.29 is 43.4 Å². The Kier molecular flexibility index (Phi) is 25.0. The highest BCUT2D eigenvalue weighted by Gasteiger charge is 2.06. The predicted octanol–water partition coefficient (Wildman–Crippen LogP) is -0.286. The first-order chi connectivity index (χ1) is 19.5. The molecule has 8 N–H and O–H groups in total. The molecule has 0 radical (unpaired) electrons. The van der Waals surface area contributed by atoms with Gasteiger partial charge in [0.2, 0.25) is 20.8 Å². The van der Waals surface area contributed by atoms with Gasteiger partial charge in [-0.15, -0.1) is 49.6 Å². The number of anilines is 4. The van der Waals surface area contributed by atoms with Crippen molar-refractivity contribution in [3.05, 3.63) is 72.6 Å². The molecule has 0 aliphatic carbocycles. The summed E-state index contributed by atoms with van der Waals surface area (Å²) in [6.07, 6.45) is 11.1. The summed E-state index contributed by atoms with van der Waals surface area (Å²) in [5.41, 5.74) is 26.0. The van der Waals surface area contributed by atoms with E-state index in [0.717, 1.165) is 25.3 Å². The highest BCUT2D eigenvalue weighted by molar-refractivity contribution is 7.81. The van der Waals surface area contributed by atoms with Gasteiger partial charge in [-0.3, -0.25) is 8.37 Å². The molecule has 4 heterocycles. The highest BCUT2D eigenvalue weighted by Crippen LogP contribution is 2.14. The zero-order valence-corrected chi connectivity index (χ0v) is 29.8. The largest absolute Gasteiger partial charge is 0.726 e. The van der Waals surface area contributed by atoms with E-state index in [1.807, 2.05) is 72.3 Å². The lowest BCUT2D eigenvalue weighted by Gasteiger charge is -2.03. The van der Waals surface area contributed by atoms with Gasteiger partial charge in [0.1, 0.15) is 25.7 Å². The quantitative estimate of drug-likeness (QED) is 0.111. The first kappa shape index (κ1) is 49.7. The minimum Gasteiger partial charge on any atom is -0.726 e. The van der Waals surface area contributed by atoms with Crippen LogP contribution in [0, 0.1) is 0 Å². The fourth-order valence-corrected chi connectivity index (χ4v) is 2.80. The van der Waals surface area contributed by atoms with Crippen LogP contribution in [0.3, 0.4) is 0 Å². The Bertz CT molecular complexity index is 1610. The molecule has 0 amide bonds. The molecule has 0 saturated heterocycles. The van der Waals surface area contributed by atoms with Crippen molar-refractivity contribution in [2.24, 2.45) is 14.1 Å². The number of aryl methyl sites for hydroxylation is 2. The van der Waals surface area contributed by atoms with Crippen LogP contribution in [0.4, 0.5) is 23.0 Å². The maximum atomic E-state index is 9.22. The molecule has 4 aromatic heterocycles. The second kappa shape index (κ2) is 23.2. The summed E-state index contributed by atoms with van der Waals surface area (Å²) in [6, 6.07) is 8.06. The Morgan fingerprint density at radius 1 is 0.696 bits per heavy atom. The van der Waals surface area contributed by atoms with E-state index in [9.17, 15) is 25.9 Å². The van der Waals surface area contributed by atoms with Gasteiger partial charge in [-0.1, -0.05) is 0 Å². The fraction of sp³-hybridized carbons (Fsp3) is 0.273. The van der Waals surface area contributed by atoms with Crippen molar-refractivity contribution in [1.82, 2.24) is 19.6 Å². The SMILES string of the molecule is COS(=O)(=O)[O-].COS(=O)(=O)[O-].C[n+]1ccc(Cn2ncc(N)c2N)cc1.C[n+]1cccc(Cn2ncc(N)c2N)c1.Cl.Cl.Cl.Cl. The van der Waals surface area contributed by atoms with Crippen molar-refractivity contribution in [3.8, 4) is 0 Å². The minimum atomic E-state index is -4.41. The van der Waals surface area contributed by atoms with Crippen LogP contribution in [0.2, 0.25) is 0 Å². The molecule has 0 atom stereocenters. The summed E-state index contributed by atoms with van der Waals surface area (Å²) in [6.45, 7) is 1.28. The van der Waals surface area contributed by atoms with Gasteiger partial charge >= 0.3 is 0 Å². The van der Waals surface area contributed by atoms with Gasteiger partial charge in [-0.05, 0) is 11.6 Å². The molecular formula is C22H38Cl4N10O8S2. The zero-order chi connectivity index (χ0) is 32.1. The summed E-state index contributed by atoms with van der Waals surface area (Å²) in [5, 5.41) is 8.19. The van der Waals surface area contributed by atoms with E-state index < -0.39 is 20.8 Å². The molecule has 46 heavy (non-hydrogen) atoms. The van der Waals surface area contributed by atoms with Crippen LogP contribution in [-0.4, -0.2) is 59.7 Å². The van der Waals surface area contributed by atoms with Crippen LogP contribution >= 0.6 is 49.6 Å². The zero-order valence-electron chi connectivity index (χ0n) is 24.9. The number of nitrogens with zero attached hydrogens (tertiary/aromatic N) is 6. The molecule has 4 rings (SSSR count). The van der Waals surface area contributed by atoms with Crippen molar-refractivity contribution in [3.63, 3.8) is 0 Å². The monoisotopic (exact) mass is 774 g/mol. The molecule has 0 aliphatic heterocycles. The number of hydrogen-bond acceptors (Lipinski definition) is 14. The molecule has 18 nitrogen and oxygen atoms in total. The molecule has 264 valence electrons. The van der Waals surface area contributed by atoms with Crippen LogP contribution in [-0.2, 0) is 56.3 Å². The number of halogens is 4. The van der Waals surface area contributed by atoms with E-state index in [1.165, 1.54) is 0 Å². The maximum Gasteiger partial charge on any atom is 0.217 e. The van der Waals surface area contributed by atoms with Crippen LogP contribution < -0.4 is 32.1 Å². The number of rotatable bonds is 6. The fourth-order valence-electron chi connectivity index (χ4n) is 2.80. The Balaban J connectivity index is -0.000000269. The van der Waals surface area contributed by atoms with Gasteiger partial charge in [0.15, 0.2) is 24.8 Å². The first-order valence-electron chi connectivity index (χ1n) is 11.5. The Morgan fingerprint density at radius 2 is 1.07 bits per heavy atom. The molecule has 0 spiro atoms. The summed E-state index contributed by atoms with van der Waals surface area (Å²) in [7, 11) is -3.26. The second-order valence-corrected chi connectivity index (χ2v) is 10.5. The Labute approximate surface area is 292 Å². The summed E-state index contributed by atoms with van der Waals surface area (Å²) >= 11 is 0. The standard InChI is InChI=1S/2C10H14N5.2CH4O4S.4ClH/c1-14-4-2-8(3-5-14)7-15-10(12)9(11)6-13-15;1-14-4-2-3-8(6-14)7-15-10(12)9(11)5-13-15;2*1-5-6(2,3)4;;;;/h2*2-6H,7,11-12H2,1H3;2*1H3,(H,2,3,4);4*1H/q2*+1;;;;;;/p-2. The van der Waals surface area contributed by atoms with E-state index in [4.69, 9.17) is 22.9 Å². The van der Waals surface area contributed by atoms with Gasteiger partial charge in [-0.25, -0.2) is 35.3 Å². The topological polar surface area (TPSA) is 280 Å². The number of nitrogens with two attached hydrogens (primary N) is 4. The molecule has 0 aliphatic rings. The summed E-state index contributed by atoms with van der Waals surface area (Å²) < 4.78 is 69.4. The van der Waals surface area contributed by atoms with E-state index in [2.05, 4.69) is 18.6 Å². The van der Waals surface area contributed by atoms with E-state index in [0.29, 0.717) is 36.1 Å². The Morgan fingerprint density at radius 3 is 1.37 bits per heavy atom. The van der Waals surface area contributed by atoms with Crippen LogP contribution in [0.15, 0.2) is 61.4 Å². The van der Waals surface area contributed by atoms with E-state index in [1.54, 1.807) is 21.8 Å². The number of nitrogen functional groups attached to an aromatic ring is 4. The normalized spacial score (nSPS) is 9.87. The highest BCUT2D eigenvalue weighted by atomic mass is 35.5. The molecule has 0 fully saturated rings. The third kappa shape index (κ3) is 20.0. The average molecular weight is 777 g/mol. The molecule has 4 aromatic rings. The van der Waals surface area contributed by atoms with Crippen LogP contribution in [0.5, 0.6) is 0 Å². The lowest BCUT2D eigenvalue weighted by atomic mass is 10.3. The van der Waals surface area contributed by atoms with E-state index in [-0.39, 0.29) is 49.6 Å². The number of hydrogen-bond donors (Lipinski definition) is 4. The van der Waals surface area contributed by atoms with Crippen molar-refractivity contribution in [1.29, 1.82) is 0 Å². The smallest absolute Gasteiger partial charge is 0.217 e. The maximum absolute atomic E-state index is 9.22. The molecule has 0 unspecified atom stereocenters. The Hall–Kier alpha value is -3.18. The van der Waals surface area contributed by atoms with E-state index >= 15 is 0 Å². The second-order valence-electron chi connectivity index (χ2n) is 8.18. The van der Waals surface area contributed by atoms with Crippen molar-refractivity contribution in [2.75, 3.05) is 37.2 Å². The van der Waals surface area contributed by atoms with Crippen molar-refractivity contribution in [2.45, 2.75) is 13.1 Å². The molecule has 0 saturated carbocycles. The van der Waals surface area contributed by atoms with Gasteiger partial charge < -0.3 is 32.0 Å². The third-order valence-electron chi connectivity index (χ3n) is 4.94. The van der Waals surface area contributed by atoms with Crippen LogP contribution in [0.25, 0.3) is 0 Å². The lowest BCUT2D eigenvalue weighted by molar-refractivity contribution is -0.672. The summed E-state index contributed by atoms with van der Waals surface area (Å²) in [4.78, 5) is 0. The third-order valence-corrected chi connectivity index (χ3v) is 5.76. The predicted molar refractivity (Wildman–Crippen MR) is 178 cm³/mol.